The second kappa shape index (κ2) is 9.29. The fourth-order valence-corrected chi connectivity index (χ4v) is 4.54. The van der Waals surface area contributed by atoms with Gasteiger partial charge in [0, 0.05) is 42.5 Å². The lowest BCUT2D eigenvalue weighted by molar-refractivity contribution is 0.0568. The van der Waals surface area contributed by atoms with Crippen molar-refractivity contribution in [2.45, 2.75) is 38.8 Å². The highest BCUT2D eigenvalue weighted by Gasteiger charge is 2.25. The summed E-state index contributed by atoms with van der Waals surface area (Å²) < 4.78 is 78.0. The summed E-state index contributed by atoms with van der Waals surface area (Å²) in [5.74, 6) is 0.157. The summed E-state index contributed by atoms with van der Waals surface area (Å²) in [4.78, 5) is 12.5. The first-order valence-corrected chi connectivity index (χ1v) is 12.1. The molecule has 4 rings (SSSR count). The Morgan fingerprint density at radius 2 is 1.82 bits per heavy atom. The molecule has 0 atom stereocenters. The van der Waals surface area contributed by atoms with Crippen molar-refractivity contribution in [1.82, 2.24) is 29.0 Å². The van der Waals surface area contributed by atoms with Gasteiger partial charge in [0.15, 0.2) is 11.6 Å². The molecule has 1 aliphatic heterocycles. The second-order valence-electron chi connectivity index (χ2n) is 7.95. The highest BCUT2D eigenvalue weighted by Crippen LogP contribution is 2.30. The highest BCUT2D eigenvalue weighted by atomic mass is 32.2. The Labute approximate surface area is 192 Å². The zero-order chi connectivity index (χ0) is 24.6. The summed E-state index contributed by atoms with van der Waals surface area (Å²) in [7, 11) is -3.26. The fraction of sp³-hybridized carbons (Fsp3) is 0.474. The summed E-state index contributed by atoms with van der Waals surface area (Å²) in [6, 6.07) is 1.06. The van der Waals surface area contributed by atoms with E-state index in [9.17, 15) is 26.0 Å². The summed E-state index contributed by atoms with van der Waals surface area (Å²) >= 11 is 0. The van der Waals surface area contributed by atoms with Crippen LogP contribution in [-0.2, 0) is 10.0 Å². The van der Waals surface area contributed by atoms with Crippen LogP contribution in [0.25, 0.3) is 10.9 Å². The lowest BCUT2D eigenvalue weighted by atomic mass is 10.1. The molecular formula is C19H22F4N8O2S. The van der Waals surface area contributed by atoms with Gasteiger partial charge in [-0.2, -0.15) is 8.78 Å². The molecule has 0 aromatic carbocycles. The van der Waals surface area contributed by atoms with Crippen LogP contribution in [0, 0.1) is 6.92 Å². The Hall–Kier alpha value is -3.07. The first-order valence-electron chi connectivity index (χ1n) is 10.3. The molecule has 1 fully saturated rings. The molecule has 34 heavy (non-hydrogen) atoms. The van der Waals surface area contributed by atoms with E-state index in [1.54, 1.807) is 0 Å². The van der Waals surface area contributed by atoms with Crippen LogP contribution in [0.2, 0.25) is 0 Å². The van der Waals surface area contributed by atoms with Crippen LogP contribution in [0.15, 0.2) is 18.5 Å². The van der Waals surface area contributed by atoms with Gasteiger partial charge in [-0.05, 0) is 25.8 Å². The number of halogens is 4. The number of aromatic nitrogens is 5. The van der Waals surface area contributed by atoms with E-state index in [0.29, 0.717) is 36.2 Å². The maximum Gasteiger partial charge on any atom is 0.333 e. The van der Waals surface area contributed by atoms with E-state index < -0.39 is 28.7 Å². The number of rotatable bonds is 7. The molecule has 2 N–H and O–H groups in total. The van der Waals surface area contributed by atoms with E-state index in [2.05, 4.69) is 30.7 Å². The van der Waals surface area contributed by atoms with E-state index in [-0.39, 0.29) is 34.5 Å². The number of aryl methyl sites for hydroxylation is 1. The standard InChI is InChI=1S/C19H22F4N8O2S/c1-10-9-31(18(22)23)29-16(10)28-17-14-11(7-13(26-17)15(20)21)8-24-19(27-14)25-12-3-5-30(6-4-12)34(2,32)33/h7-9,12,15,18H,3-6H2,1-2H3,(H,24,25,27)(H,26,28,29). The van der Waals surface area contributed by atoms with Crippen LogP contribution in [0.1, 0.15) is 37.1 Å². The van der Waals surface area contributed by atoms with Gasteiger partial charge in [-0.25, -0.2) is 41.1 Å². The van der Waals surface area contributed by atoms with Crippen molar-refractivity contribution in [3.63, 3.8) is 0 Å². The minimum Gasteiger partial charge on any atom is -0.351 e. The molecule has 184 valence electrons. The minimum absolute atomic E-state index is 0.0294. The molecule has 0 amide bonds. The number of nitrogens with zero attached hydrogens (tertiary/aromatic N) is 6. The van der Waals surface area contributed by atoms with E-state index in [1.165, 1.54) is 17.4 Å². The van der Waals surface area contributed by atoms with Crippen LogP contribution >= 0.6 is 0 Å². The van der Waals surface area contributed by atoms with Gasteiger partial charge < -0.3 is 10.6 Å². The van der Waals surface area contributed by atoms with Gasteiger partial charge in [-0.1, -0.05) is 0 Å². The Morgan fingerprint density at radius 1 is 1.12 bits per heavy atom. The molecule has 10 nitrogen and oxygen atoms in total. The van der Waals surface area contributed by atoms with Gasteiger partial charge in [0.05, 0.1) is 6.26 Å². The number of alkyl halides is 4. The molecule has 3 aromatic rings. The van der Waals surface area contributed by atoms with E-state index >= 15 is 0 Å². The zero-order valence-electron chi connectivity index (χ0n) is 18.2. The van der Waals surface area contributed by atoms with Crippen molar-refractivity contribution >= 4 is 38.5 Å². The molecular weight excluding hydrogens is 480 g/mol. The van der Waals surface area contributed by atoms with Crippen molar-refractivity contribution in [3.8, 4) is 0 Å². The van der Waals surface area contributed by atoms with Crippen LogP contribution in [0.5, 0.6) is 0 Å². The van der Waals surface area contributed by atoms with Crippen LogP contribution in [0.3, 0.4) is 0 Å². The maximum atomic E-state index is 13.4. The molecule has 0 spiro atoms. The number of anilines is 3. The largest absolute Gasteiger partial charge is 0.351 e. The lowest BCUT2D eigenvalue weighted by Gasteiger charge is -2.30. The van der Waals surface area contributed by atoms with Gasteiger partial charge in [0.1, 0.15) is 11.2 Å². The van der Waals surface area contributed by atoms with Crippen molar-refractivity contribution in [1.29, 1.82) is 0 Å². The highest BCUT2D eigenvalue weighted by molar-refractivity contribution is 7.88. The van der Waals surface area contributed by atoms with E-state index in [0.717, 1.165) is 18.5 Å². The Bertz CT molecular complexity index is 1290. The summed E-state index contributed by atoms with van der Waals surface area (Å²) in [6.45, 7) is -0.624. The number of sulfonamides is 1. The van der Waals surface area contributed by atoms with Crippen molar-refractivity contribution in [3.05, 3.63) is 29.7 Å². The number of hydrogen-bond donors (Lipinski definition) is 2. The number of pyridine rings is 1. The van der Waals surface area contributed by atoms with Crippen molar-refractivity contribution < 1.29 is 26.0 Å². The minimum atomic E-state index is -3.26. The topological polar surface area (TPSA) is 118 Å². The molecule has 1 aliphatic rings. The van der Waals surface area contributed by atoms with Crippen LogP contribution in [0.4, 0.5) is 35.1 Å². The monoisotopic (exact) mass is 502 g/mol. The Kier molecular flexibility index (Phi) is 6.58. The molecule has 0 bridgehead atoms. The van der Waals surface area contributed by atoms with Gasteiger partial charge in [-0.15, -0.1) is 5.10 Å². The Balaban J connectivity index is 1.63. The van der Waals surface area contributed by atoms with E-state index in [1.807, 2.05) is 0 Å². The molecule has 0 saturated carbocycles. The van der Waals surface area contributed by atoms with Gasteiger partial charge in [-0.3, -0.25) is 0 Å². The number of hydrogen-bond acceptors (Lipinski definition) is 8. The third-order valence-electron chi connectivity index (χ3n) is 5.42. The van der Waals surface area contributed by atoms with Crippen molar-refractivity contribution in [2.24, 2.45) is 0 Å². The molecule has 0 unspecified atom stereocenters. The quantitative estimate of drug-likeness (QED) is 0.472. The lowest BCUT2D eigenvalue weighted by Crippen LogP contribution is -2.42. The van der Waals surface area contributed by atoms with E-state index in [4.69, 9.17) is 0 Å². The summed E-state index contributed by atoms with van der Waals surface area (Å²) in [5.41, 5.74) is 0.0302. The van der Waals surface area contributed by atoms with Gasteiger partial charge in [0.2, 0.25) is 16.0 Å². The average Bonchev–Trinajstić information content (AvgIpc) is 3.14. The van der Waals surface area contributed by atoms with Crippen LogP contribution in [-0.4, -0.2) is 62.8 Å². The Morgan fingerprint density at radius 3 is 2.41 bits per heavy atom. The van der Waals surface area contributed by atoms with Crippen molar-refractivity contribution in [2.75, 3.05) is 30.0 Å². The summed E-state index contributed by atoms with van der Waals surface area (Å²) in [5, 5.41) is 9.89. The van der Waals surface area contributed by atoms with Gasteiger partial charge in [0.25, 0.3) is 6.43 Å². The first kappa shape index (κ1) is 24.1. The number of fused-ring (bicyclic) bond motifs is 1. The second-order valence-corrected chi connectivity index (χ2v) is 9.93. The summed E-state index contributed by atoms with van der Waals surface area (Å²) in [6.07, 6.45) is 1.84. The predicted molar refractivity (Wildman–Crippen MR) is 117 cm³/mol. The number of piperidine rings is 1. The molecule has 15 heteroatoms. The molecule has 0 radical (unpaired) electrons. The first-order chi connectivity index (χ1) is 16.0. The zero-order valence-corrected chi connectivity index (χ0v) is 19.0. The molecule has 3 aromatic heterocycles. The molecule has 1 saturated heterocycles. The van der Waals surface area contributed by atoms with Crippen LogP contribution < -0.4 is 10.6 Å². The molecule has 0 aliphatic carbocycles. The SMILES string of the molecule is Cc1cn(C(F)F)nc1Nc1nc(C(F)F)cc2cnc(NC3CCN(S(C)(=O)=O)CC3)nc12. The normalized spacial score (nSPS) is 16.0. The average molecular weight is 502 g/mol. The fourth-order valence-electron chi connectivity index (χ4n) is 3.66. The van der Waals surface area contributed by atoms with Gasteiger partial charge >= 0.3 is 6.55 Å². The third kappa shape index (κ3) is 5.19. The number of nitrogens with one attached hydrogen (secondary N) is 2. The predicted octanol–water partition coefficient (Wildman–Crippen LogP) is 3.44. The maximum absolute atomic E-state index is 13.4. The smallest absolute Gasteiger partial charge is 0.333 e. The third-order valence-corrected chi connectivity index (χ3v) is 6.72. The molecule has 4 heterocycles.